The Kier molecular flexibility index (Phi) is 9.23. The van der Waals surface area contributed by atoms with Crippen molar-refractivity contribution in [2.45, 2.75) is 55.4 Å². The van der Waals surface area contributed by atoms with Crippen LogP contribution in [0.3, 0.4) is 0 Å². The smallest absolute Gasteiger partial charge is 0.121 e. The van der Waals surface area contributed by atoms with Crippen LogP contribution in [0.4, 0.5) is 28.4 Å². The minimum atomic E-state index is 0.198. The van der Waals surface area contributed by atoms with Crippen LogP contribution in [0.25, 0.3) is 10.8 Å². The first kappa shape index (κ1) is 34.6. The van der Waals surface area contributed by atoms with Crippen molar-refractivity contribution in [2.24, 2.45) is 0 Å². The van der Waals surface area contributed by atoms with Crippen LogP contribution >= 0.6 is 0 Å². The molecule has 0 bridgehead atoms. The van der Waals surface area contributed by atoms with Crippen molar-refractivity contribution in [3.05, 3.63) is 136 Å². The monoisotopic (exact) mass is 683 g/mol. The molecule has 51 heavy (non-hydrogen) atoms. The Hall–Kier alpha value is -6.22. The maximum absolute atomic E-state index is 11.0. The summed E-state index contributed by atoms with van der Waals surface area (Å²) in [4.78, 5) is 0. The summed E-state index contributed by atoms with van der Waals surface area (Å²) in [5, 5.41) is 51.2. The van der Waals surface area contributed by atoms with Crippen LogP contribution in [0, 0.1) is 55.4 Å². The predicted molar refractivity (Wildman–Crippen MR) is 209 cm³/mol. The zero-order chi connectivity index (χ0) is 36.7. The number of rotatable bonds is 9. The minimum Gasteiger partial charge on any atom is -0.507 e. The Labute approximate surface area is 299 Å². The second-order valence-corrected chi connectivity index (χ2v) is 13.4. The van der Waals surface area contributed by atoms with E-state index in [1.807, 2.05) is 144 Å². The lowest BCUT2D eigenvalue weighted by molar-refractivity contribution is 0.466. The van der Waals surface area contributed by atoms with E-state index in [0.717, 1.165) is 16.5 Å². The molecule has 6 rings (SSSR count). The molecule has 0 radical (unpaired) electrons. The summed E-state index contributed by atoms with van der Waals surface area (Å²) < 4.78 is 0. The van der Waals surface area contributed by atoms with Crippen molar-refractivity contribution in [1.82, 2.24) is 0 Å². The van der Waals surface area contributed by atoms with Crippen LogP contribution in [0.5, 0.6) is 23.0 Å². The highest BCUT2D eigenvalue weighted by atomic mass is 16.3. The fourth-order valence-electron chi connectivity index (χ4n) is 6.50. The van der Waals surface area contributed by atoms with Gasteiger partial charge < -0.3 is 20.4 Å². The Bertz CT molecular complexity index is 2190. The first-order valence-electron chi connectivity index (χ1n) is 16.9. The van der Waals surface area contributed by atoms with Gasteiger partial charge in [-0.25, -0.2) is 0 Å². The molecule has 0 aliphatic rings. The summed E-state index contributed by atoms with van der Waals surface area (Å²) in [6.45, 7) is 14.9. The fourth-order valence-corrected chi connectivity index (χ4v) is 6.50. The number of hydrogen-bond donors (Lipinski definition) is 6. The predicted octanol–water partition coefficient (Wildman–Crippen LogP) is 9.83. The second kappa shape index (κ2) is 13.6. The molecule has 0 saturated heterocycles. The third-order valence-corrected chi connectivity index (χ3v) is 9.27. The molecule has 0 aliphatic heterocycles. The molecule has 0 saturated carbocycles. The summed E-state index contributed by atoms with van der Waals surface area (Å²) in [7, 11) is 0. The summed E-state index contributed by atoms with van der Waals surface area (Å²) >= 11 is 0. The molecule has 6 aromatic rings. The van der Waals surface area contributed by atoms with E-state index in [9.17, 15) is 20.4 Å². The van der Waals surface area contributed by atoms with Gasteiger partial charge in [-0.2, -0.15) is 15.4 Å². The minimum absolute atomic E-state index is 0.198. The normalized spacial score (nSPS) is 11.1. The Morgan fingerprint density at radius 3 is 1.25 bits per heavy atom. The van der Waals surface area contributed by atoms with Gasteiger partial charge in [0.15, 0.2) is 0 Å². The van der Waals surface area contributed by atoms with E-state index in [-0.39, 0.29) is 23.0 Å². The maximum Gasteiger partial charge on any atom is 0.121 e. The number of nitrogens with zero attached hydrogens (tertiary/aromatic N) is 3. The molecule has 262 valence electrons. The van der Waals surface area contributed by atoms with Gasteiger partial charge >= 0.3 is 0 Å². The van der Waals surface area contributed by atoms with Gasteiger partial charge in [0.2, 0.25) is 0 Å². The molecule has 0 aliphatic carbocycles. The van der Waals surface area contributed by atoms with Crippen molar-refractivity contribution in [1.29, 1.82) is 0 Å². The zero-order valence-corrected chi connectivity index (χ0v) is 30.3. The Balaban J connectivity index is 1.69. The molecule has 0 unspecified atom stereocenters. The van der Waals surface area contributed by atoms with E-state index in [4.69, 9.17) is 0 Å². The van der Waals surface area contributed by atoms with Gasteiger partial charge in [0.1, 0.15) is 23.0 Å². The van der Waals surface area contributed by atoms with Gasteiger partial charge in [0.25, 0.3) is 0 Å². The van der Waals surface area contributed by atoms with Crippen LogP contribution in [-0.4, -0.2) is 20.4 Å². The van der Waals surface area contributed by atoms with Gasteiger partial charge in [-0.15, -0.1) is 0 Å². The summed E-state index contributed by atoms with van der Waals surface area (Å²) in [6.07, 6.45) is 0. The van der Waals surface area contributed by atoms with Gasteiger partial charge in [-0.05, 0) is 160 Å². The molecule has 9 heteroatoms. The third-order valence-electron chi connectivity index (χ3n) is 9.27. The Morgan fingerprint density at radius 1 is 0.412 bits per heavy atom. The highest BCUT2D eigenvalue weighted by molar-refractivity contribution is 5.94. The lowest BCUT2D eigenvalue weighted by Crippen LogP contribution is -2.59. The zero-order valence-electron chi connectivity index (χ0n) is 30.3. The number of phenols is 4. The fraction of sp³-hybridized carbons (Fsp3) is 0.190. The van der Waals surface area contributed by atoms with Crippen LogP contribution < -0.4 is 26.2 Å². The van der Waals surface area contributed by atoms with E-state index in [0.29, 0.717) is 67.3 Å². The summed E-state index contributed by atoms with van der Waals surface area (Å²) in [6, 6.07) is 29.4. The summed E-state index contributed by atoms with van der Waals surface area (Å²) in [5.41, 5.74) is 16.4. The van der Waals surface area contributed by atoms with Crippen molar-refractivity contribution in [3.8, 4) is 23.0 Å². The molecule has 0 spiro atoms. The lowest BCUT2D eigenvalue weighted by Gasteiger charge is -2.46. The van der Waals surface area contributed by atoms with Crippen LogP contribution in [-0.2, 0) is 0 Å². The number of aryl methyl sites for hydroxylation is 8. The van der Waals surface area contributed by atoms with Crippen LogP contribution in [0.1, 0.15) is 44.5 Å². The highest BCUT2D eigenvalue weighted by Crippen LogP contribution is 2.39. The van der Waals surface area contributed by atoms with Gasteiger partial charge in [0, 0.05) is 5.39 Å². The molecule has 9 nitrogen and oxygen atoms in total. The molecular weight excluding hydrogens is 638 g/mol. The quantitative estimate of drug-likeness (QED) is 0.0655. The molecule has 0 heterocycles. The molecule has 0 aromatic heterocycles. The van der Waals surface area contributed by atoms with E-state index < -0.39 is 0 Å². The number of hydrogen-bond acceptors (Lipinski definition) is 9. The first-order chi connectivity index (χ1) is 24.2. The number of benzene rings is 6. The van der Waals surface area contributed by atoms with E-state index in [1.165, 1.54) is 0 Å². The highest BCUT2D eigenvalue weighted by Gasteiger charge is 2.29. The number of phenolic OH excluding ortho intramolecular Hbond substituents is 4. The number of hydrazine groups is 4. The van der Waals surface area contributed by atoms with E-state index in [1.54, 1.807) is 0 Å². The number of anilines is 5. The number of aromatic hydroxyl groups is 4. The van der Waals surface area contributed by atoms with Crippen molar-refractivity contribution in [2.75, 3.05) is 26.2 Å². The molecule has 6 N–H and O–H groups in total. The third kappa shape index (κ3) is 6.70. The van der Waals surface area contributed by atoms with Crippen molar-refractivity contribution in [3.63, 3.8) is 0 Å². The standard InChI is InChI=1S/C42H45N5O4/c1-24-16-33(17-25(2)39(24)48)43-45(34-18-26(3)40(49)27(4)19-34)47(36-22-30(7)42(51)31(8)23-36)46(35-20-28(5)41(50)29(6)21-35)44-38-15-11-13-32-12-9-10-14-37(32)38/h9-23,43-44,48-51H,1-8H3. The first-order valence-corrected chi connectivity index (χ1v) is 16.9. The average Bonchev–Trinajstić information content (AvgIpc) is 3.09. The lowest BCUT2D eigenvalue weighted by atomic mass is 10.1. The van der Waals surface area contributed by atoms with Gasteiger partial charge in [0.05, 0.1) is 28.4 Å². The summed E-state index contributed by atoms with van der Waals surface area (Å²) in [5.74, 6) is 0.832. The molecule has 6 aromatic carbocycles. The van der Waals surface area contributed by atoms with Crippen molar-refractivity contribution >= 4 is 39.2 Å². The van der Waals surface area contributed by atoms with Crippen molar-refractivity contribution < 1.29 is 20.4 Å². The van der Waals surface area contributed by atoms with Crippen LogP contribution in [0.15, 0.2) is 91.0 Å². The Morgan fingerprint density at radius 2 is 0.784 bits per heavy atom. The number of fused-ring (bicyclic) bond motifs is 1. The topological polar surface area (TPSA) is 115 Å². The second-order valence-electron chi connectivity index (χ2n) is 13.4. The molecular formula is C42H45N5O4. The maximum atomic E-state index is 11.0. The molecule has 0 fully saturated rings. The van der Waals surface area contributed by atoms with Crippen LogP contribution in [0.2, 0.25) is 0 Å². The van der Waals surface area contributed by atoms with E-state index in [2.05, 4.69) is 29.1 Å². The van der Waals surface area contributed by atoms with E-state index >= 15 is 0 Å². The average molecular weight is 684 g/mol. The largest absolute Gasteiger partial charge is 0.507 e. The van der Waals surface area contributed by atoms with Gasteiger partial charge in [-0.1, -0.05) is 36.4 Å². The molecule has 0 atom stereocenters. The molecule has 0 amide bonds. The SMILES string of the molecule is Cc1cc(NN(c2cc(C)c(O)c(C)c2)N(c2cc(C)c(O)c(C)c2)N(Nc2cccc3ccccc23)c2cc(C)c(O)c(C)c2)cc(C)c1O. The van der Waals surface area contributed by atoms with Gasteiger partial charge in [-0.3, -0.25) is 10.9 Å². The number of nitrogens with one attached hydrogen (secondary N) is 2.